The van der Waals surface area contributed by atoms with Gasteiger partial charge in [-0.3, -0.25) is 9.69 Å². The van der Waals surface area contributed by atoms with Gasteiger partial charge in [-0.05, 0) is 53.8 Å². The number of amides is 3. The molecule has 1 fully saturated rings. The number of benzene rings is 2. The maximum atomic E-state index is 13.1. The highest BCUT2D eigenvalue weighted by Crippen LogP contribution is 2.32. The average Bonchev–Trinajstić information content (AvgIpc) is 3.50. The molecular weight excluding hydrogens is 439 g/mol. The number of thiophene rings is 1. The summed E-state index contributed by atoms with van der Waals surface area (Å²) in [6, 6.07) is 18.0. The lowest BCUT2D eigenvalue weighted by Crippen LogP contribution is -2.31. The second kappa shape index (κ2) is 8.71. The molecule has 33 heavy (non-hydrogen) atoms. The standard InChI is InChI=1S/C25H23FN4O2S/c1-16-12-22(30-11-10-29(25(30)32)15-17-6-8-19(26)9-7-17)33-23(16)24(31)27-14-20-13-18-4-2-3-5-21(18)28-20/h2-9,12-13,28H,10-11,14-15H2,1H3,(H,27,31). The van der Waals surface area contributed by atoms with Gasteiger partial charge in [-0.2, -0.15) is 0 Å². The third-order valence-corrected chi connectivity index (χ3v) is 7.04. The van der Waals surface area contributed by atoms with Crippen molar-refractivity contribution in [3.8, 4) is 0 Å². The van der Waals surface area contributed by atoms with Crippen LogP contribution in [0, 0.1) is 12.7 Å². The number of urea groups is 1. The van der Waals surface area contributed by atoms with Gasteiger partial charge < -0.3 is 15.2 Å². The Labute approximate surface area is 194 Å². The first kappa shape index (κ1) is 21.2. The van der Waals surface area contributed by atoms with E-state index < -0.39 is 0 Å². The fraction of sp³-hybridized carbons (Fsp3) is 0.200. The van der Waals surface area contributed by atoms with Gasteiger partial charge in [0.25, 0.3) is 5.91 Å². The molecule has 0 unspecified atom stereocenters. The molecule has 8 heteroatoms. The molecule has 1 aliphatic rings. The monoisotopic (exact) mass is 462 g/mol. The predicted octanol–water partition coefficient (Wildman–Crippen LogP) is 5.05. The van der Waals surface area contributed by atoms with E-state index >= 15 is 0 Å². The molecule has 6 nitrogen and oxygen atoms in total. The number of aryl methyl sites for hydroxylation is 1. The van der Waals surface area contributed by atoms with Crippen molar-refractivity contribution in [2.75, 3.05) is 18.0 Å². The summed E-state index contributed by atoms with van der Waals surface area (Å²) < 4.78 is 13.1. The van der Waals surface area contributed by atoms with E-state index in [-0.39, 0.29) is 17.8 Å². The van der Waals surface area contributed by atoms with E-state index in [4.69, 9.17) is 0 Å². The van der Waals surface area contributed by atoms with Crippen LogP contribution >= 0.6 is 11.3 Å². The molecule has 2 aromatic heterocycles. The van der Waals surface area contributed by atoms with Crippen LogP contribution < -0.4 is 10.2 Å². The van der Waals surface area contributed by atoms with Crippen LogP contribution in [-0.4, -0.2) is 34.9 Å². The number of fused-ring (bicyclic) bond motifs is 1. The number of halogens is 1. The molecule has 2 N–H and O–H groups in total. The van der Waals surface area contributed by atoms with Crippen LogP contribution in [0.2, 0.25) is 0 Å². The van der Waals surface area contributed by atoms with Crippen molar-refractivity contribution < 1.29 is 14.0 Å². The average molecular weight is 463 g/mol. The largest absolute Gasteiger partial charge is 0.357 e. The quantitative estimate of drug-likeness (QED) is 0.421. The molecule has 0 aliphatic carbocycles. The Balaban J connectivity index is 1.24. The number of rotatable bonds is 6. The highest BCUT2D eigenvalue weighted by Gasteiger charge is 2.31. The van der Waals surface area contributed by atoms with Crippen LogP contribution in [0.15, 0.2) is 60.7 Å². The number of hydrogen-bond acceptors (Lipinski definition) is 3. The summed E-state index contributed by atoms with van der Waals surface area (Å²) in [7, 11) is 0. The third-order valence-electron chi connectivity index (χ3n) is 5.78. The van der Waals surface area contributed by atoms with Gasteiger partial charge >= 0.3 is 6.03 Å². The second-order valence-corrected chi connectivity index (χ2v) is 9.17. The van der Waals surface area contributed by atoms with E-state index in [2.05, 4.69) is 10.3 Å². The van der Waals surface area contributed by atoms with Crippen LogP contribution in [-0.2, 0) is 13.1 Å². The molecule has 3 amide bonds. The van der Waals surface area contributed by atoms with Gasteiger partial charge in [0, 0.05) is 30.8 Å². The Bertz CT molecular complexity index is 1290. The molecule has 1 aliphatic heterocycles. The van der Waals surface area contributed by atoms with E-state index in [0.29, 0.717) is 31.1 Å². The van der Waals surface area contributed by atoms with E-state index in [9.17, 15) is 14.0 Å². The molecule has 168 valence electrons. The highest BCUT2D eigenvalue weighted by molar-refractivity contribution is 7.18. The molecular formula is C25H23FN4O2S. The van der Waals surface area contributed by atoms with Crippen molar-refractivity contribution in [3.05, 3.63) is 88.2 Å². The van der Waals surface area contributed by atoms with Crippen LogP contribution in [0.4, 0.5) is 14.2 Å². The lowest BCUT2D eigenvalue weighted by Gasteiger charge is -2.17. The summed E-state index contributed by atoms with van der Waals surface area (Å²) >= 11 is 1.33. The van der Waals surface area contributed by atoms with Crippen molar-refractivity contribution >= 4 is 39.2 Å². The Hall–Kier alpha value is -3.65. The number of nitrogens with one attached hydrogen (secondary N) is 2. The SMILES string of the molecule is Cc1cc(N2CCN(Cc3ccc(F)cc3)C2=O)sc1C(=O)NCc1cc2ccccc2[nH]1. The zero-order chi connectivity index (χ0) is 22.9. The number of aromatic amines is 1. The third kappa shape index (κ3) is 4.34. The molecule has 2 aromatic carbocycles. The van der Waals surface area contributed by atoms with Crippen molar-refractivity contribution in [1.82, 2.24) is 15.2 Å². The maximum absolute atomic E-state index is 13.1. The Morgan fingerprint density at radius 3 is 2.70 bits per heavy atom. The number of aromatic nitrogens is 1. The Morgan fingerprint density at radius 1 is 1.12 bits per heavy atom. The zero-order valence-electron chi connectivity index (χ0n) is 18.1. The minimum atomic E-state index is -0.294. The smallest absolute Gasteiger partial charge is 0.325 e. The predicted molar refractivity (Wildman–Crippen MR) is 128 cm³/mol. The first-order valence-electron chi connectivity index (χ1n) is 10.7. The fourth-order valence-electron chi connectivity index (χ4n) is 4.05. The number of para-hydroxylation sites is 1. The summed E-state index contributed by atoms with van der Waals surface area (Å²) in [5, 5.41) is 4.84. The van der Waals surface area contributed by atoms with E-state index in [1.807, 2.05) is 43.3 Å². The Morgan fingerprint density at radius 2 is 1.91 bits per heavy atom. The van der Waals surface area contributed by atoms with E-state index in [1.165, 1.54) is 23.5 Å². The van der Waals surface area contributed by atoms with Gasteiger partial charge in [0.1, 0.15) is 10.8 Å². The molecule has 1 saturated heterocycles. The topological polar surface area (TPSA) is 68.4 Å². The molecule has 5 rings (SSSR count). The second-order valence-electron chi connectivity index (χ2n) is 8.14. The zero-order valence-corrected chi connectivity index (χ0v) is 18.9. The number of carbonyl (C=O) groups is 2. The van der Waals surface area contributed by atoms with E-state index in [1.54, 1.807) is 21.9 Å². The lowest BCUT2D eigenvalue weighted by atomic mass is 10.2. The van der Waals surface area contributed by atoms with Crippen molar-refractivity contribution in [2.24, 2.45) is 0 Å². The summed E-state index contributed by atoms with van der Waals surface area (Å²) in [4.78, 5) is 33.1. The highest BCUT2D eigenvalue weighted by atomic mass is 32.1. The first-order chi connectivity index (χ1) is 16.0. The molecule has 3 heterocycles. The number of anilines is 1. The number of carbonyl (C=O) groups excluding carboxylic acids is 2. The molecule has 0 atom stereocenters. The maximum Gasteiger partial charge on any atom is 0.325 e. The van der Waals surface area contributed by atoms with Gasteiger partial charge in [0.2, 0.25) is 0 Å². The van der Waals surface area contributed by atoms with Gasteiger partial charge in [-0.15, -0.1) is 11.3 Å². The minimum Gasteiger partial charge on any atom is -0.357 e. The summed E-state index contributed by atoms with van der Waals surface area (Å²) in [6.45, 7) is 3.84. The number of hydrogen-bond donors (Lipinski definition) is 2. The van der Waals surface area contributed by atoms with Gasteiger partial charge in [-0.25, -0.2) is 9.18 Å². The van der Waals surface area contributed by atoms with Crippen LogP contribution in [0.3, 0.4) is 0 Å². The number of nitrogens with zero attached hydrogens (tertiary/aromatic N) is 2. The summed E-state index contributed by atoms with van der Waals surface area (Å²) in [5.74, 6) is -0.449. The van der Waals surface area contributed by atoms with Crippen molar-refractivity contribution in [1.29, 1.82) is 0 Å². The molecule has 0 bridgehead atoms. The van der Waals surface area contributed by atoms with Gasteiger partial charge in [0.15, 0.2) is 0 Å². The summed E-state index contributed by atoms with van der Waals surface area (Å²) in [5.41, 5.74) is 3.69. The van der Waals surface area contributed by atoms with Crippen LogP contribution in [0.5, 0.6) is 0 Å². The first-order valence-corrected chi connectivity index (χ1v) is 11.6. The normalized spacial score (nSPS) is 13.8. The summed E-state index contributed by atoms with van der Waals surface area (Å²) in [6.07, 6.45) is 0. The molecule has 0 radical (unpaired) electrons. The van der Waals surface area contributed by atoms with Crippen molar-refractivity contribution in [3.63, 3.8) is 0 Å². The lowest BCUT2D eigenvalue weighted by molar-refractivity contribution is 0.0954. The van der Waals surface area contributed by atoms with Crippen molar-refractivity contribution in [2.45, 2.75) is 20.0 Å². The van der Waals surface area contributed by atoms with E-state index in [0.717, 1.165) is 32.7 Å². The van der Waals surface area contributed by atoms with Gasteiger partial charge in [-0.1, -0.05) is 30.3 Å². The number of H-pyrrole nitrogens is 1. The molecule has 0 spiro atoms. The van der Waals surface area contributed by atoms with Gasteiger partial charge in [0.05, 0.1) is 11.4 Å². The molecule has 0 saturated carbocycles. The minimum absolute atomic E-state index is 0.106. The molecule has 4 aromatic rings. The Kier molecular flexibility index (Phi) is 5.60. The fourth-order valence-corrected chi connectivity index (χ4v) is 5.16. The van der Waals surface area contributed by atoms with Crippen LogP contribution in [0.1, 0.15) is 26.5 Å². The van der Waals surface area contributed by atoms with Crippen LogP contribution in [0.25, 0.3) is 10.9 Å².